The third-order valence-corrected chi connectivity index (χ3v) is 3.31. The molecule has 0 saturated heterocycles. The van der Waals surface area contributed by atoms with Crippen LogP contribution < -0.4 is 5.73 Å². The number of aromatic amines is 1. The molecule has 2 aromatic carbocycles. The van der Waals surface area contributed by atoms with E-state index in [4.69, 9.17) is 5.73 Å². The molecule has 0 aliphatic carbocycles. The second-order valence-corrected chi connectivity index (χ2v) is 4.94. The number of fused-ring (bicyclic) bond motifs is 1. The van der Waals surface area contributed by atoms with Crippen molar-refractivity contribution in [3.63, 3.8) is 0 Å². The van der Waals surface area contributed by atoms with Crippen molar-refractivity contribution in [3.05, 3.63) is 65.5 Å². The zero-order valence-electron chi connectivity index (χ0n) is 10.9. The molecule has 1 heterocycles. The first-order valence-electron chi connectivity index (χ1n) is 6.48. The monoisotopic (exact) mass is 251 g/mol. The Balaban J connectivity index is 1.87. The predicted octanol–water partition coefficient (Wildman–Crippen LogP) is 3.11. The Bertz CT molecular complexity index is 686. The van der Waals surface area contributed by atoms with Crippen LogP contribution in [0, 0.1) is 6.92 Å². The van der Waals surface area contributed by atoms with Gasteiger partial charge < -0.3 is 10.7 Å². The minimum Gasteiger partial charge on any atom is -0.341 e. The Hall–Kier alpha value is -2.13. The van der Waals surface area contributed by atoms with E-state index in [1.54, 1.807) is 0 Å². The molecule has 3 rings (SSSR count). The van der Waals surface area contributed by atoms with E-state index in [1.807, 2.05) is 24.3 Å². The minimum absolute atomic E-state index is 0.102. The molecule has 19 heavy (non-hydrogen) atoms. The van der Waals surface area contributed by atoms with Gasteiger partial charge in [-0.25, -0.2) is 4.98 Å². The average Bonchev–Trinajstić information content (AvgIpc) is 2.83. The maximum atomic E-state index is 6.24. The van der Waals surface area contributed by atoms with Crippen LogP contribution >= 0.6 is 0 Å². The molecule has 1 atom stereocenters. The van der Waals surface area contributed by atoms with E-state index in [0.29, 0.717) is 0 Å². The fourth-order valence-corrected chi connectivity index (χ4v) is 2.28. The van der Waals surface area contributed by atoms with Crippen molar-refractivity contribution in [2.45, 2.75) is 19.4 Å². The molecule has 0 spiro atoms. The lowest BCUT2D eigenvalue weighted by Gasteiger charge is -2.08. The summed E-state index contributed by atoms with van der Waals surface area (Å²) in [6.07, 6.45) is 0.791. The van der Waals surface area contributed by atoms with Crippen LogP contribution in [0.5, 0.6) is 0 Å². The molecule has 0 bridgehead atoms. The van der Waals surface area contributed by atoms with Crippen molar-refractivity contribution in [1.82, 2.24) is 9.97 Å². The third-order valence-electron chi connectivity index (χ3n) is 3.31. The number of imidazole rings is 1. The van der Waals surface area contributed by atoms with Crippen molar-refractivity contribution >= 4 is 11.0 Å². The highest BCUT2D eigenvalue weighted by Gasteiger charge is 2.11. The van der Waals surface area contributed by atoms with Crippen molar-refractivity contribution in [1.29, 1.82) is 0 Å². The topological polar surface area (TPSA) is 54.7 Å². The Morgan fingerprint density at radius 3 is 2.74 bits per heavy atom. The summed E-state index contributed by atoms with van der Waals surface area (Å²) in [4.78, 5) is 7.89. The number of aromatic nitrogens is 2. The number of rotatable bonds is 3. The van der Waals surface area contributed by atoms with Gasteiger partial charge in [0.1, 0.15) is 5.82 Å². The van der Waals surface area contributed by atoms with Gasteiger partial charge in [-0.15, -0.1) is 0 Å². The summed E-state index contributed by atoms with van der Waals surface area (Å²) in [5.74, 6) is 0.851. The maximum absolute atomic E-state index is 6.24. The second-order valence-electron chi connectivity index (χ2n) is 4.94. The smallest absolute Gasteiger partial charge is 0.124 e. The van der Waals surface area contributed by atoms with Crippen molar-refractivity contribution in [3.8, 4) is 0 Å². The SMILES string of the molecule is Cc1ccc2nc(C(N)Cc3ccccc3)[nH]c2c1. The number of nitrogens with zero attached hydrogens (tertiary/aromatic N) is 1. The van der Waals surface area contributed by atoms with Gasteiger partial charge in [0.2, 0.25) is 0 Å². The van der Waals surface area contributed by atoms with E-state index < -0.39 is 0 Å². The normalized spacial score (nSPS) is 12.7. The molecule has 96 valence electrons. The standard InChI is InChI=1S/C16H17N3/c1-11-7-8-14-15(9-11)19-16(18-14)13(17)10-12-5-3-2-4-6-12/h2-9,13H,10,17H2,1H3,(H,18,19). The van der Waals surface area contributed by atoms with Crippen LogP contribution in [0.2, 0.25) is 0 Å². The van der Waals surface area contributed by atoms with Crippen LogP contribution in [0.4, 0.5) is 0 Å². The number of aryl methyl sites for hydroxylation is 1. The highest BCUT2D eigenvalue weighted by Crippen LogP contribution is 2.18. The zero-order chi connectivity index (χ0) is 13.2. The molecule has 0 radical (unpaired) electrons. The first-order valence-corrected chi connectivity index (χ1v) is 6.48. The Morgan fingerprint density at radius 1 is 1.16 bits per heavy atom. The van der Waals surface area contributed by atoms with Gasteiger partial charge in [0.15, 0.2) is 0 Å². The molecule has 0 aliphatic heterocycles. The van der Waals surface area contributed by atoms with Crippen LogP contribution in [-0.4, -0.2) is 9.97 Å². The highest BCUT2D eigenvalue weighted by molar-refractivity contribution is 5.75. The van der Waals surface area contributed by atoms with E-state index in [2.05, 4.69) is 41.2 Å². The molecule has 3 heteroatoms. The molecule has 3 nitrogen and oxygen atoms in total. The Labute approximate surface area is 112 Å². The largest absolute Gasteiger partial charge is 0.341 e. The lowest BCUT2D eigenvalue weighted by atomic mass is 10.1. The summed E-state index contributed by atoms with van der Waals surface area (Å²) in [5.41, 5.74) is 10.7. The van der Waals surface area contributed by atoms with Gasteiger partial charge in [0.25, 0.3) is 0 Å². The van der Waals surface area contributed by atoms with Crippen molar-refractivity contribution in [2.24, 2.45) is 5.73 Å². The number of hydrogen-bond donors (Lipinski definition) is 2. The molecule has 3 aromatic rings. The summed E-state index contributed by atoms with van der Waals surface area (Å²) < 4.78 is 0. The molecular weight excluding hydrogens is 234 g/mol. The first kappa shape index (κ1) is 11.9. The van der Waals surface area contributed by atoms with Gasteiger partial charge in [0.05, 0.1) is 17.1 Å². The third kappa shape index (κ3) is 2.51. The van der Waals surface area contributed by atoms with E-state index in [9.17, 15) is 0 Å². The quantitative estimate of drug-likeness (QED) is 0.751. The molecule has 1 unspecified atom stereocenters. The predicted molar refractivity (Wildman–Crippen MR) is 77.9 cm³/mol. The van der Waals surface area contributed by atoms with Crippen LogP contribution in [-0.2, 0) is 6.42 Å². The van der Waals surface area contributed by atoms with Crippen LogP contribution in [0.15, 0.2) is 48.5 Å². The molecular formula is C16H17N3. The Kier molecular flexibility index (Phi) is 3.05. The maximum Gasteiger partial charge on any atom is 0.124 e. The summed E-state index contributed by atoms with van der Waals surface area (Å²) >= 11 is 0. The Morgan fingerprint density at radius 2 is 1.95 bits per heavy atom. The number of H-pyrrole nitrogens is 1. The summed E-state index contributed by atoms with van der Waals surface area (Å²) in [6, 6.07) is 16.3. The average molecular weight is 251 g/mol. The second kappa shape index (κ2) is 4.86. The van der Waals surface area contributed by atoms with E-state index >= 15 is 0 Å². The summed E-state index contributed by atoms with van der Waals surface area (Å²) in [5, 5.41) is 0. The number of benzene rings is 2. The van der Waals surface area contributed by atoms with Gasteiger partial charge in [-0.05, 0) is 36.6 Å². The van der Waals surface area contributed by atoms with E-state index in [-0.39, 0.29) is 6.04 Å². The van der Waals surface area contributed by atoms with E-state index in [0.717, 1.165) is 23.3 Å². The van der Waals surface area contributed by atoms with Gasteiger partial charge in [0, 0.05) is 0 Å². The van der Waals surface area contributed by atoms with Gasteiger partial charge in [-0.2, -0.15) is 0 Å². The zero-order valence-corrected chi connectivity index (χ0v) is 10.9. The molecule has 0 saturated carbocycles. The highest BCUT2D eigenvalue weighted by atomic mass is 15.0. The van der Waals surface area contributed by atoms with Gasteiger partial charge in [-0.3, -0.25) is 0 Å². The first-order chi connectivity index (χ1) is 9.22. The fourth-order valence-electron chi connectivity index (χ4n) is 2.28. The fraction of sp³-hybridized carbons (Fsp3) is 0.188. The number of nitrogens with two attached hydrogens (primary N) is 1. The van der Waals surface area contributed by atoms with Crippen LogP contribution in [0.25, 0.3) is 11.0 Å². The molecule has 0 aliphatic rings. The van der Waals surface area contributed by atoms with E-state index in [1.165, 1.54) is 11.1 Å². The summed E-state index contributed by atoms with van der Waals surface area (Å²) in [6.45, 7) is 2.07. The van der Waals surface area contributed by atoms with Gasteiger partial charge in [-0.1, -0.05) is 36.4 Å². The van der Waals surface area contributed by atoms with Crippen molar-refractivity contribution < 1.29 is 0 Å². The minimum atomic E-state index is -0.102. The number of hydrogen-bond acceptors (Lipinski definition) is 2. The molecule has 0 fully saturated rings. The molecule has 1 aromatic heterocycles. The lowest BCUT2D eigenvalue weighted by Crippen LogP contribution is -2.14. The van der Waals surface area contributed by atoms with Crippen LogP contribution in [0.1, 0.15) is 23.0 Å². The van der Waals surface area contributed by atoms with Crippen LogP contribution in [0.3, 0.4) is 0 Å². The summed E-state index contributed by atoms with van der Waals surface area (Å²) in [7, 11) is 0. The van der Waals surface area contributed by atoms with Gasteiger partial charge >= 0.3 is 0 Å². The molecule has 3 N–H and O–H groups in total. The lowest BCUT2D eigenvalue weighted by molar-refractivity contribution is 0.680. The molecule has 0 amide bonds. The van der Waals surface area contributed by atoms with Crippen molar-refractivity contribution in [2.75, 3.05) is 0 Å². The number of nitrogens with one attached hydrogen (secondary N) is 1.